The second-order valence-electron chi connectivity index (χ2n) is 4.58. The van der Waals surface area contributed by atoms with Gasteiger partial charge in [-0.1, -0.05) is 31.9 Å². The number of carboxylic acids is 1. The molecule has 20 heavy (non-hydrogen) atoms. The fraction of sp³-hybridized carbons (Fsp3) is 0.833. The van der Waals surface area contributed by atoms with Crippen LogP contribution in [0.15, 0.2) is 5.10 Å². The number of carboxylic acid groups (broad SMARTS) is 1. The van der Waals surface area contributed by atoms with Crippen molar-refractivity contribution in [2.24, 2.45) is 5.10 Å². The molecule has 1 N–H and O–H groups in total. The maximum Gasteiger partial charge on any atom is 0.305 e. The molecule has 0 aliphatic carbocycles. The molecule has 0 aromatic rings. The van der Waals surface area contributed by atoms with Crippen molar-refractivity contribution >= 4 is 43.5 Å². The number of hydrogen-bond acceptors (Lipinski definition) is 5. The Morgan fingerprint density at radius 1 is 1.30 bits per heavy atom. The average Bonchev–Trinajstić information content (AvgIpc) is 2.42. The molecule has 0 spiro atoms. The number of carbonyl (C=O) groups is 1. The zero-order valence-corrected chi connectivity index (χ0v) is 14.7. The summed E-state index contributed by atoms with van der Waals surface area (Å²) in [5.74, 6) is -0.849. The normalized spacial score (nSPS) is 21.6. The molecule has 0 radical (unpaired) electrons. The van der Waals surface area contributed by atoms with Crippen molar-refractivity contribution in [2.45, 2.75) is 18.9 Å². The molecule has 0 saturated carbocycles. The molecule has 6 nitrogen and oxygen atoms in total. The Bertz CT molecular complexity index is 354. The van der Waals surface area contributed by atoms with E-state index >= 15 is 0 Å². The molecule has 1 heterocycles. The van der Waals surface area contributed by atoms with Crippen LogP contribution in [0.25, 0.3) is 0 Å². The fourth-order valence-corrected chi connectivity index (χ4v) is 3.04. The van der Waals surface area contributed by atoms with Crippen LogP contribution in [0.2, 0.25) is 0 Å². The molecule has 0 amide bonds. The van der Waals surface area contributed by atoms with Crippen molar-refractivity contribution in [3.63, 3.8) is 0 Å². The first kappa shape index (κ1) is 17.9. The smallest absolute Gasteiger partial charge is 0.305 e. The van der Waals surface area contributed by atoms with E-state index < -0.39 is 5.97 Å². The topological polar surface area (TPSA) is 71.4 Å². The molecular weight excluding hydrogens is 396 g/mol. The number of alkyl halides is 2. The van der Waals surface area contributed by atoms with Crippen LogP contribution in [0, 0.1) is 0 Å². The first-order valence-electron chi connectivity index (χ1n) is 6.39. The van der Waals surface area contributed by atoms with Crippen LogP contribution in [-0.4, -0.2) is 71.0 Å². The second-order valence-corrected chi connectivity index (χ2v) is 5.70. The maximum atomic E-state index is 10.3. The van der Waals surface area contributed by atoms with E-state index in [4.69, 9.17) is 14.6 Å². The SMILES string of the molecule is CC1(CBr)C(CBr)=NN1CCOCCOCCC(=O)O. The van der Waals surface area contributed by atoms with Crippen molar-refractivity contribution in [1.82, 2.24) is 5.01 Å². The third-order valence-corrected chi connectivity index (χ3v) is 4.72. The number of aliphatic carboxylic acids is 1. The van der Waals surface area contributed by atoms with Crippen LogP contribution >= 0.6 is 31.9 Å². The summed E-state index contributed by atoms with van der Waals surface area (Å²) < 4.78 is 10.6. The summed E-state index contributed by atoms with van der Waals surface area (Å²) in [6.45, 7) is 4.55. The van der Waals surface area contributed by atoms with Gasteiger partial charge < -0.3 is 14.6 Å². The van der Waals surface area contributed by atoms with E-state index in [0.717, 1.165) is 22.9 Å². The summed E-state index contributed by atoms with van der Waals surface area (Å²) in [6, 6.07) is 0. The van der Waals surface area contributed by atoms with E-state index in [1.807, 2.05) is 5.01 Å². The van der Waals surface area contributed by atoms with Gasteiger partial charge in [0.05, 0.1) is 45.1 Å². The van der Waals surface area contributed by atoms with Gasteiger partial charge in [-0.25, -0.2) is 0 Å². The van der Waals surface area contributed by atoms with Gasteiger partial charge in [-0.3, -0.25) is 9.80 Å². The van der Waals surface area contributed by atoms with Crippen molar-refractivity contribution < 1.29 is 19.4 Å². The summed E-state index contributed by atoms with van der Waals surface area (Å²) >= 11 is 6.94. The summed E-state index contributed by atoms with van der Waals surface area (Å²) in [5.41, 5.74) is 1.09. The highest BCUT2D eigenvalue weighted by atomic mass is 79.9. The molecule has 0 fully saturated rings. The average molecular weight is 416 g/mol. The lowest BCUT2D eigenvalue weighted by Gasteiger charge is -2.47. The van der Waals surface area contributed by atoms with Crippen LogP contribution < -0.4 is 0 Å². The largest absolute Gasteiger partial charge is 0.481 e. The summed E-state index contributed by atoms with van der Waals surface area (Å²) in [5, 5.41) is 16.5. The minimum Gasteiger partial charge on any atom is -0.481 e. The molecule has 1 aliphatic rings. The Morgan fingerprint density at radius 2 is 1.95 bits per heavy atom. The van der Waals surface area contributed by atoms with E-state index in [2.05, 4.69) is 43.9 Å². The van der Waals surface area contributed by atoms with Crippen LogP contribution in [-0.2, 0) is 14.3 Å². The Labute approximate surface area is 135 Å². The van der Waals surface area contributed by atoms with Crippen LogP contribution in [0.1, 0.15) is 13.3 Å². The monoisotopic (exact) mass is 414 g/mol. The molecular formula is C12H20Br2N2O4. The van der Waals surface area contributed by atoms with Gasteiger partial charge in [0.25, 0.3) is 0 Å². The Kier molecular flexibility index (Phi) is 8.01. The lowest BCUT2D eigenvalue weighted by atomic mass is 9.95. The summed E-state index contributed by atoms with van der Waals surface area (Å²) in [4.78, 5) is 10.3. The van der Waals surface area contributed by atoms with Gasteiger partial charge in [-0.15, -0.1) is 0 Å². The molecule has 116 valence electrons. The van der Waals surface area contributed by atoms with Crippen molar-refractivity contribution in [3.05, 3.63) is 0 Å². The van der Waals surface area contributed by atoms with Crippen molar-refractivity contribution in [1.29, 1.82) is 0 Å². The highest BCUT2D eigenvalue weighted by molar-refractivity contribution is 9.09. The minimum absolute atomic E-state index is 0.0292. The number of rotatable bonds is 11. The number of hydrazone groups is 1. The Morgan fingerprint density at radius 3 is 2.50 bits per heavy atom. The van der Waals surface area contributed by atoms with Gasteiger partial charge in [0, 0.05) is 10.7 Å². The minimum atomic E-state index is -0.849. The quantitative estimate of drug-likeness (QED) is 0.411. The molecule has 0 bridgehead atoms. The van der Waals surface area contributed by atoms with Gasteiger partial charge in [-0.05, 0) is 6.92 Å². The molecule has 1 atom stereocenters. The summed E-state index contributed by atoms with van der Waals surface area (Å²) in [6.07, 6.45) is 0.0292. The van der Waals surface area contributed by atoms with E-state index in [9.17, 15) is 4.79 Å². The lowest BCUT2D eigenvalue weighted by Crippen LogP contribution is -2.61. The molecule has 1 rings (SSSR count). The van der Waals surface area contributed by atoms with Crippen molar-refractivity contribution in [3.8, 4) is 0 Å². The maximum absolute atomic E-state index is 10.3. The van der Waals surface area contributed by atoms with Gasteiger partial charge in [0.1, 0.15) is 5.54 Å². The molecule has 1 aliphatic heterocycles. The first-order valence-corrected chi connectivity index (χ1v) is 8.63. The van der Waals surface area contributed by atoms with Crippen molar-refractivity contribution in [2.75, 3.05) is 43.6 Å². The highest BCUT2D eigenvalue weighted by Gasteiger charge is 2.42. The van der Waals surface area contributed by atoms with Gasteiger partial charge >= 0.3 is 5.97 Å². The predicted molar refractivity (Wildman–Crippen MR) is 84.0 cm³/mol. The van der Waals surface area contributed by atoms with Crippen LogP contribution in [0.5, 0.6) is 0 Å². The lowest BCUT2D eigenvalue weighted by molar-refractivity contribution is -0.138. The number of nitrogens with zero attached hydrogens (tertiary/aromatic N) is 2. The molecule has 0 aromatic heterocycles. The Hall–Kier alpha value is -0.180. The van der Waals surface area contributed by atoms with Crippen LogP contribution in [0.4, 0.5) is 0 Å². The third kappa shape index (κ3) is 4.98. The predicted octanol–water partition coefficient (Wildman–Crippen LogP) is 1.71. The third-order valence-electron chi connectivity index (χ3n) is 3.10. The standard InChI is InChI=1S/C12H20Br2N2O4/c1-12(9-14)10(8-13)15-16(12)3-5-20-7-6-19-4-2-11(17)18/h2-9H2,1H3,(H,17,18). The van der Waals surface area contributed by atoms with E-state index in [1.54, 1.807) is 0 Å². The molecule has 0 aromatic carbocycles. The number of hydrogen-bond donors (Lipinski definition) is 1. The zero-order valence-electron chi connectivity index (χ0n) is 11.5. The first-order chi connectivity index (χ1) is 9.54. The van der Waals surface area contributed by atoms with E-state index in [-0.39, 0.29) is 18.6 Å². The second kappa shape index (κ2) is 8.96. The summed E-state index contributed by atoms with van der Waals surface area (Å²) in [7, 11) is 0. The highest BCUT2D eigenvalue weighted by Crippen LogP contribution is 2.29. The van der Waals surface area contributed by atoms with Gasteiger partial charge in [0.15, 0.2) is 0 Å². The van der Waals surface area contributed by atoms with Gasteiger partial charge in [-0.2, -0.15) is 5.10 Å². The molecule has 0 saturated heterocycles. The number of halogens is 2. The van der Waals surface area contributed by atoms with E-state index in [1.165, 1.54) is 0 Å². The fourth-order valence-electron chi connectivity index (χ4n) is 1.71. The van der Waals surface area contributed by atoms with Crippen LogP contribution in [0.3, 0.4) is 0 Å². The molecule has 1 unspecified atom stereocenters. The van der Waals surface area contributed by atoms with E-state index in [0.29, 0.717) is 19.8 Å². The number of ether oxygens (including phenoxy) is 2. The van der Waals surface area contributed by atoms with Gasteiger partial charge in [0.2, 0.25) is 0 Å². The molecule has 8 heteroatoms. The Balaban J connectivity index is 2.05. The zero-order chi connectivity index (χ0) is 15.0.